The molecule has 0 saturated heterocycles. The minimum atomic E-state index is -0.232. The molecule has 6 nitrogen and oxygen atoms in total. The maximum Gasteiger partial charge on any atom is 0.251 e. The lowest BCUT2D eigenvalue weighted by atomic mass is 9.99. The van der Waals surface area contributed by atoms with Gasteiger partial charge in [-0.1, -0.05) is 12.1 Å². The molecule has 3 rings (SSSR count). The molecule has 0 atom stereocenters. The minimum Gasteiger partial charge on any atom is -0.493 e. The van der Waals surface area contributed by atoms with E-state index < -0.39 is 0 Å². The number of hydrogen-bond acceptors (Lipinski definition) is 4. The van der Waals surface area contributed by atoms with Gasteiger partial charge in [0.2, 0.25) is 0 Å². The van der Waals surface area contributed by atoms with Crippen LogP contribution in [0.3, 0.4) is 0 Å². The van der Waals surface area contributed by atoms with Gasteiger partial charge >= 0.3 is 0 Å². The summed E-state index contributed by atoms with van der Waals surface area (Å²) in [7, 11) is 0. The molecule has 2 bridgehead atoms. The average Bonchev–Trinajstić information content (AvgIpc) is 2.71. The summed E-state index contributed by atoms with van der Waals surface area (Å²) < 4.78 is 5.98. The lowest BCUT2D eigenvalue weighted by molar-refractivity contribution is 0.0940. The van der Waals surface area contributed by atoms with Crippen molar-refractivity contribution in [1.29, 1.82) is 0 Å². The number of ether oxygens (including phenoxy) is 1. The van der Waals surface area contributed by atoms with Crippen LogP contribution in [0.1, 0.15) is 51.1 Å². The van der Waals surface area contributed by atoms with Gasteiger partial charge in [-0.05, 0) is 60.7 Å². The summed E-state index contributed by atoms with van der Waals surface area (Å²) in [5, 5.41) is 14.5. The molecule has 0 unspecified atom stereocenters. The van der Waals surface area contributed by atoms with Crippen molar-refractivity contribution in [3.05, 3.63) is 64.7 Å². The summed E-state index contributed by atoms with van der Waals surface area (Å²) >= 11 is 0. The molecule has 0 aromatic heterocycles. The quantitative estimate of drug-likeness (QED) is 0.760. The maximum atomic E-state index is 12.3. The topological polar surface area (TPSA) is 87.7 Å². The first-order valence-corrected chi connectivity index (χ1v) is 9.69. The van der Waals surface area contributed by atoms with Crippen molar-refractivity contribution in [3.63, 3.8) is 0 Å². The van der Waals surface area contributed by atoms with Crippen molar-refractivity contribution < 1.29 is 19.4 Å². The summed E-state index contributed by atoms with van der Waals surface area (Å²) in [5.74, 6) is 0.461. The molecule has 1 aliphatic rings. The van der Waals surface area contributed by atoms with E-state index in [0.29, 0.717) is 30.7 Å². The first kappa shape index (κ1) is 19.9. The Morgan fingerprint density at radius 3 is 2.89 bits per heavy atom. The number of carbonyl (C=O) groups excluding carboxylic acids is 2. The molecule has 3 N–H and O–H groups in total. The highest BCUT2D eigenvalue weighted by Gasteiger charge is 2.13. The lowest BCUT2D eigenvalue weighted by Crippen LogP contribution is -2.26. The highest BCUT2D eigenvalue weighted by Crippen LogP contribution is 2.24. The molecule has 0 radical (unpaired) electrons. The van der Waals surface area contributed by atoms with Crippen LogP contribution in [0.4, 0.5) is 0 Å². The number of amides is 2. The zero-order valence-corrected chi connectivity index (χ0v) is 15.9. The van der Waals surface area contributed by atoms with Crippen molar-refractivity contribution in [1.82, 2.24) is 10.6 Å². The fourth-order valence-corrected chi connectivity index (χ4v) is 3.20. The first-order valence-electron chi connectivity index (χ1n) is 9.69. The zero-order chi connectivity index (χ0) is 19.8. The number of hydrogen-bond donors (Lipinski definition) is 3. The predicted octanol–water partition coefficient (Wildman–Crippen LogP) is 2.29. The van der Waals surface area contributed by atoms with Crippen LogP contribution in [-0.2, 0) is 6.42 Å². The largest absolute Gasteiger partial charge is 0.493 e. The van der Waals surface area contributed by atoms with Crippen molar-refractivity contribution >= 4 is 11.8 Å². The van der Waals surface area contributed by atoms with Gasteiger partial charge in [0.05, 0.1) is 13.2 Å². The Morgan fingerprint density at radius 2 is 2.04 bits per heavy atom. The number of aliphatic hydroxyl groups is 1. The number of fused-ring (bicyclic) bond motifs is 3. The third kappa shape index (κ3) is 5.33. The Morgan fingerprint density at radius 1 is 1.14 bits per heavy atom. The Bertz CT molecular complexity index is 835. The van der Waals surface area contributed by atoms with Crippen LogP contribution in [0, 0.1) is 0 Å². The number of benzene rings is 2. The average molecular weight is 382 g/mol. The van der Waals surface area contributed by atoms with Gasteiger partial charge in [-0.2, -0.15) is 0 Å². The molecular formula is C22H26N2O4. The monoisotopic (exact) mass is 382 g/mol. The first-order chi connectivity index (χ1) is 13.7. The van der Waals surface area contributed by atoms with Gasteiger partial charge in [0.25, 0.3) is 11.8 Å². The highest BCUT2D eigenvalue weighted by atomic mass is 16.5. The van der Waals surface area contributed by atoms with E-state index in [1.807, 2.05) is 30.3 Å². The second kappa shape index (κ2) is 9.90. The molecule has 2 aromatic rings. The standard InChI is InChI=1S/C22H26N2O4/c25-11-10-24-22(27)18-7-8-20-19(15-18)14-16-5-4-6-17(13-16)21(26)23-9-2-1-3-12-28-20/h4-8,13,15,25H,1-3,9-12,14H2,(H,23,26)(H,24,27). The molecule has 0 spiro atoms. The van der Waals surface area contributed by atoms with Gasteiger partial charge in [0, 0.05) is 30.6 Å². The summed E-state index contributed by atoms with van der Waals surface area (Å²) in [4.78, 5) is 24.6. The molecule has 0 aliphatic carbocycles. The van der Waals surface area contributed by atoms with E-state index in [-0.39, 0.29) is 25.0 Å². The zero-order valence-electron chi connectivity index (χ0n) is 15.9. The van der Waals surface area contributed by atoms with E-state index in [2.05, 4.69) is 10.6 Å². The molecule has 6 heteroatoms. The van der Waals surface area contributed by atoms with E-state index >= 15 is 0 Å². The van der Waals surface area contributed by atoms with Crippen LogP contribution in [-0.4, -0.2) is 43.2 Å². The third-order valence-corrected chi connectivity index (χ3v) is 4.67. The van der Waals surface area contributed by atoms with Crippen LogP contribution in [0.2, 0.25) is 0 Å². The second-order valence-electron chi connectivity index (χ2n) is 6.84. The molecule has 2 amide bonds. The molecule has 148 valence electrons. The van der Waals surface area contributed by atoms with Crippen molar-refractivity contribution in [2.24, 2.45) is 0 Å². The highest BCUT2D eigenvalue weighted by molar-refractivity contribution is 5.95. The van der Waals surface area contributed by atoms with E-state index in [1.165, 1.54) is 0 Å². The number of carbonyl (C=O) groups is 2. The van der Waals surface area contributed by atoms with Crippen molar-refractivity contribution in [3.8, 4) is 5.75 Å². The minimum absolute atomic E-state index is 0.0625. The second-order valence-corrected chi connectivity index (χ2v) is 6.84. The molecule has 1 aliphatic heterocycles. The molecule has 0 fully saturated rings. The van der Waals surface area contributed by atoms with Gasteiger partial charge in [-0.3, -0.25) is 9.59 Å². The Hall–Kier alpha value is -2.86. The van der Waals surface area contributed by atoms with E-state index in [4.69, 9.17) is 9.84 Å². The van der Waals surface area contributed by atoms with Crippen LogP contribution in [0.15, 0.2) is 42.5 Å². The smallest absolute Gasteiger partial charge is 0.251 e. The van der Waals surface area contributed by atoms with Gasteiger partial charge < -0.3 is 20.5 Å². The lowest BCUT2D eigenvalue weighted by Gasteiger charge is -2.15. The maximum absolute atomic E-state index is 12.3. The molecule has 1 heterocycles. The molecule has 2 aromatic carbocycles. The van der Waals surface area contributed by atoms with E-state index in [0.717, 1.165) is 36.1 Å². The van der Waals surface area contributed by atoms with Gasteiger partial charge in [-0.15, -0.1) is 0 Å². The number of rotatable bonds is 3. The SMILES string of the molecule is O=C(NCCO)c1ccc2c(c1)Cc1cccc(c1)C(=O)NCCCCCO2. The van der Waals surface area contributed by atoms with E-state index in [1.54, 1.807) is 12.1 Å². The van der Waals surface area contributed by atoms with Crippen LogP contribution >= 0.6 is 0 Å². The molecular weight excluding hydrogens is 356 g/mol. The molecule has 28 heavy (non-hydrogen) atoms. The summed E-state index contributed by atoms with van der Waals surface area (Å²) in [6, 6.07) is 12.9. The Labute approximate surface area is 164 Å². The van der Waals surface area contributed by atoms with Gasteiger partial charge in [-0.25, -0.2) is 0 Å². The van der Waals surface area contributed by atoms with Gasteiger partial charge in [0.15, 0.2) is 0 Å². The number of nitrogens with one attached hydrogen (secondary N) is 2. The van der Waals surface area contributed by atoms with Crippen molar-refractivity contribution in [2.45, 2.75) is 25.7 Å². The van der Waals surface area contributed by atoms with Crippen LogP contribution in [0.25, 0.3) is 0 Å². The molecule has 0 saturated carbocycles. The van der Waals surface area contributed by atoms with Gasteiger partial charge in [0.1, 0.15) is 5.75 Å². The fourth-order valence-electron chi connectivity index (χ4n) is 3.20. The third-order valence-electron chi connectivity index (χ3n) is 4.67. The fraction of sp³-hybridized carbons (Fsp3) is 0.364. The summed E-state index contributed by atoms with van der Waals surface area (Å²) in [6.45, 7) is 1.36. The van der Waals surface area contributed by atoms with E-state index in [9.17, 15) is 9.59 Å². The van der Waals surface area contributed by atoms with Crippen LogP contribution < -0.4 is 15.4 Å². The van der Waals surface area contributed by atoms with Crippen molar-refractivity contribution in [2.75, 3.05) is 26.3 Å². The number of aliphatic hydroxyl groups excluding tert-OH is 1. The van der Waals surface area contributed by atoms with Crippen LogP contribution in [0.5, 0.6) is 5.75 Å². The normalized spacial score (nSPS) is 14.8. The Kier molecular flexibility index (Phi) is 7.03. The predicted molar refractivity (Wildman–Crippen MR) is 107 cm³/mol. The summed E-state index contributed by atoms with van der Waals surface area (Å²) in [5.41, 5.74) is 3.02. The summed E-state index contributed by atoms with van der Waals surface area (Å²) in [6.07, 6.45) is 3.33. The Balaban J connectivity index is 1.91.